The van der Waals surface area contributed by atoms with Crippen LogP contribution in [-0.4, -0.2) is 25.7 Å². The van der Waals surface area contributed by atoms with E-state index in [0.29, 0.717) is 18.9 Å². The maximum atomic E-state index is 13.0. The minimum atomic E-state index is -0.165. The number of hydrogen-bond donors (Lipinski definition) is 1. The Balaban J connectivity index is 1.79. The molecule has 0 unspecified atom stereocenters. The largest absolute Gasteiger partial charge is 0.323 e. The van der Waals surface area contributed by atoms with Crippen LogP contribution in [0.3, 0.4) is 0 Å². The van der Waals surface area contributed by atoms with Crippen molar-refractivity contribution in [2.45, 2.75) is 33.4 Å². The summed E-state index contributed by atoms with van der Waals surface area (Å²) in [6, 6.07) is 13.9. The fourth-order valence-electron chi connectivity index (χ4n) is 2.93. The number of hydrogen-bond acceptors (Lipinski definition) is 3. The van der Waals surface area contributed by atoms with Crippen LogP contribution in [0.1, 0.15) is 29.3 Å². The molecule has 0 fully saturated rings. The lowest BCUT2D eigenvalue weighted by atomic mass is 10.1. The first-order valence-corrected chi connectivity index (χ1v) is 9.08. The molecule has 0 spiro atoms. The number of urea groups is 1. The Morgan fingerprint density at radius 1 is 1.11 bits per heavy atom. The van der Waals surface area contributed by atoms with Crippen LogP contribution in [0.25, 0.3) is 0 Å². The number of aromatic nitrogens is 3. The molecule has 6 nitrogen and oxygen atoms in total. The van der Waals surface area contributed by atoms with Gasteiger partial charge in [-0.05, 0) is 36.1 Å². The summed E-state index contributed by atoms with van der Waals surface area (Å²) in [5, 5.41) is 7.25. The molecule has 2 heterocycles. The average Bonchev–Trinajstić information content (AvgIpc) is 2.99. The summed E-state index contributed by atoms with van der Waals surface area (Å²) in [5.74, 6) is 0.676. The van der Waals surface area contributed by atoms with E-state index < -0.39 is 0 Å². The lowest BCUT2D eigenvalue weighted by Crippen LogP contribution is -2.34. The molecule has 1 N–H and O–H groups in total. The maximum absolute atomic E-state index is 13.0. The van der Waals surface area contributed by atoms with E-state index in [0.717, 1.165) is 23.2 Å². The first-order valence-electron chi connectivity index (χ1n) is 9.08. The number of pyridine rings is 1. The van der Waals surface area contributed by atoms with Gasteiger partial charge in [-0.1, -0.05) is 37.3 Å². The predicted octanol–water partition coefficient (Wildman–Crippen LogP) is 3.92. The molecule has 6 heteroatoms. The third-order valence-corrected chi connectivity index (χ3v) is 4.43. The number of carbonyl (C=O) groups is 1. The molecule has 0 aliphatic rings. The lowest BCUT2D eigenvalue weighted by Gasteiger charge is -2.23. The molecule has 0 atom stereocenters. The van der Waals surface area contributed by atoms with Crippen molar-refractivity contribution in [3.05, 3.63) is 77.2 Å². The van der Waals surface area contributed by atoms with Crippen molar-refractivity contribution in [3.63, 3.8) is 0 Å². The van der Waals surface area contributed by atoms with Gasteiger partial charge in [-0.3, -0.25) is 15.0 Å². The summed E-state index contributed by atoms with van der Waals surface area (Å²) < 4.78 is 1.67. The molecule has 1 aromatic carbocycles. The Bertz CT molecular complexity index is 887. The van der Waals surface area contributed by atoms with E-state index in [4.69, 9.17) is 0 Å². The second-order valence-corrected chi connectivity index (χ2v) is 6.61. The number of amides is 2. The molecule has 27 heavy (non-hydrogen) atoms. The van der Waals surface area contributed by atoms with Crippen LogP contribution in [0, 0.1) is 6.92 Å². The Hall–Kier alpha value is -3.15. The van der Waals surface area contributed by atoms with Crippen LogP contribution < -0.4 is 5.32 Å². The van der Waals surface area contributed by atoms with Gasteiger partial charge in [0.05, 0.1) is 5.69 Å². The first-order chi connectivity index (χ1) is 13.0. The van der Waals surface area contributed by atoms with Crippen molar-refractivity contribution in [2.75, 3.05) is 5.32 Å². The zero-order valence-corrected chi connectivity index (χ0v) is 16.0. The van der Waals surface area contributed by atoms with Gasteiger partial charge < -0.3 is 4.90 Å². The van der Waals surface area contributed by atoms with E-state index >= 15 is 0 Å². The van der Waals surface area contributed by atoms with Crippen LogP contribution in [0.4, 0.5) is 10.6 Å². The zero-order valence-electron chi connectivity index (χ0n) is 16.0. The van der Waals surface area contributed by atoms with E-state index in [1.165, 1.54) is 5.56 Å². The van der Waals surface area contributed by atoms with Gasteiger partial charge in [0.1, 0.15) is 5.82 Å². The molecule has 0 bridgehead atoms. The van der Waals surface area contributed by atoms with Gasteiger partial charge in [0.2, 0.25) is 0 Å². The standard InChI is InChI=1S/C21H25N5O/c1-4-17-7-9-18(10-8-17)14-26(15-19-6-5-11-22-13-19)21(27)23-20-12-16(2)24-25(20)3/h5-13H,4,14-15H2,1-3H3,(H,23,27). The Labute approximate surface area is 159 Å². The van der Waals surface area contributed by atoms with Crippen molar-refractivity contribution in [3.8, 4) is 0 Å². The number of anilines is 1. The molecule has 0 radical (unpaired) electrons. The molecule has 0 aliphatic carbocycles. The number of carbonyl (C=O) groups excluding carboxylic acids is 1. The summed E-state index contributed by atoms with van der Waals surface area (Å²) >= 11 is 0. The molecular formula is C21H25N5O. The van der Waals surface area contributed by atoms with Gasteiger partial charge in [-0.2, -0.15) is 5.10 Å². The Kier molecular flexibility index (Phi) is 5.86. The first kappa shape index (κ1) is 18.6. The molecule has 0 aliphatic heterocycles. The van der Waals surface area contributed by atoms with E-state index in [9.17, 15) is 4.79 Å². The normalized spacial score (nSPS) is 10.6. The SMILES string of the molecule is CCc1ccc(CN(Cc2cccnc2)C(=O)Nc2cc(C)nn2C)cc1. The van der Waals surface area contributed by atoms with Crippen LogP contribution in [0.5, 0.6) is 0 Å². The van der Waals surface area contributed by atoms with Gasteiger partial charge in [0.15, 0.2) is 0 Å². The third-order valence-electron chi connectivity index (χ3n) is 4.43. The predicted molar refractivity (Wildman–Crippen MR) is 106 cm³/mol. The highest BCUT2D eigenvalue weighted by Crippen LogP contribution is 2.15. The molecular weight excluding hydrogens is 338 g/mol. The molecule has 3 aromatic rings. The highest BCUT2D eigenvalue weighted by molar-refractivity contribution is 5.88. The molecule has 3 rings (SSSR count). The van der Waals surface area contributed by atoms with Crippen LogP contribution >= 0.6 is 0 Å². The van der Waals surface area contributed by atoms with Gasteiger partial charge in [0, 0.05) is 38.6 Å². The van der Waals surface area contributed by atoms with Gasteiger partial charge in [-0.15, -0.1) is 0 Å². The summed E-state index contributed by atoms with van der Waals surface area (Å²) in [4.78, 5) is 18.9. The summed E-state index contributed by atoms with van der Waals surface area (Å²) in [5.41, 5.74) is 4.22. The number of benzene rings is 1. The Morgan fingerprint density at radius 3 is 2.41 bits per heavy atom. The number of nitrogens with one attached hydrogen (secondary N) is 1. The topological polar surface area (TPSA) is 63.1 Å². The number of nitrogens with zero attached hydrogens (tertiary/aromatic N) is 4. The Morgan fingerprint density at radius 2 is 1.81 bits per heavy atom. The molecule has 0 saturated carbocycles. The lowest BCUT2D eigenvalue weighted by molar-refractivity contribution is 0.206. The van der Waals surface area contributed by atoms with Crippen molar-refractivity contribution in [1.82, 2.24) is 19.7 Å². The van der Waals surface area contributed by atoms with Crippen molar-refractivity contribution >= 4 is 11.8 Å². The molecule has 2 aromatic heterocycles. The highest BCUT2D eigenvalue weighted by Gasteiger charge is 2.17. The minimum absolute atomic E-state index is 0.165. The van der Waals surface area contributed by atoms with Crippen molar-refractivity contribution < 1.29 is 4.79 Å². The average molecular weight is 363 g/mol. The van der Waals surface area contributed by atoms with E-state index in [1.54, 1.807) is 22.0 Å². The minimum Gasteiger partial charge on any atom is -0.316 e. The quantitative estimate of drug-likeness (QED) is 0.722. The molecule has 2 amide bonds. The van der Waals surface area contributed by atoms with Gasteiger partial charge >= 0.3 is 6.03 Å². The van der Waals surface area contributed by atoms with Gasteiger partial charge in [0.25, 0.3) is 0 Å². The van der Waals surface area contributed by atoms with Crippen molar-refractivity contribution in [2.24, 2.45) is 7.05 Å². The molecule has 140 valence electrons. The second kappa shape index (κ2) is 8.49. The molecule has 0 saturated heterocycles. The van der Waals surface area contributed by atoms with E-state index in [2.05, 4.69) is 46.6 Å². The number of rotatable bonds is 6. The van der Waals surface area contributed by atoms with E-state index in [1.807, 2.05) is 32.2 Å². The van der Waals surface area contributed by atoms with Crippen LogP contribution in [0.2, 0.25) is 0 Å². The second-order valence-electron chi connectivity index (χ2n) is 6.61. The van der Waals surface area contributed by atoms with Gasteiger partial charge in [-0.25, -0.2) is 4.79 Å². The summed E-state index contributed by atoms with van der Waals surface area (Å²) in [7, 11) is 1.82. The van der Waals surface area contributed by atoms with Crippen LogP contribution in [0.15, 0.2) is 54.9 Å². The zero-order chi connectivity index (χ0) is 19.2. The summed E-state index contributed by atoms with van der Waals surface area (Å²) in [6.07, 6.45) is 4.52. The van der Waals surface area contributed by atoms with Crippen molar-refractivity contribution in [1.29, 1.82) is 0 Å². The highest BCUT2D eigenvalue weighted by atomic mass is 16.2. The number of aryl methyl sites for hydroxylation is 3. The van der Waals surface area contributed by atoms with E-state index in [-0.39, 0.29) is 6.03 Å². The maximum Gasteiger partial charge on any atom is 0.323 e. The van der Waals surface area contributed by atoms with Crippen LogP contribution in [-0.2, 0) is 26.6 Å². The smallest absolute Gasteiger partial charge is 0.316 e. The third kappa shape index (κ3) is 4.94. The summed E-state index contributed by atoms with van der Waals surface area (Å²) in [6.45, 7) is 5.03. The fourth-order valence-corrected chi connectivity index (χ4v) is 2.93. The fraction of sp³-hybridized carbons (Fsp3) is 0.286. The monoisotopic (exact) mass is 363 g/mol.